The Labute approximate surface area is 124 Å². The van der Waals surface area contributed by atoms with Crippen molar-refractivity contribution in [1.29, 1.82) is 0 Å². The molecule has 6 heteroatoms. The minimum Gasteiger partial charge on any atom is -0.454 e. The first-order valence-corrected chi connectivity index (χ1v) is 7.04. The lowest BCUT2D eigenvalue weighted by molar-refractivity contribution is 0.105. The molecule has 2 aromatic rings. The van der Waals surface area contributed by atoms with Crippen LogP contribution in [0.1, 0.15) is 9.67 Å². The lowest BCUT2D eigenvalue weighted by atomic mass is 10.2. The third-order valence-electron chi connectivity index (χ3n) is 2.67. The number of carbonyl (C=O) groups is 1. The van der Waals surface area contributed by atoms with Crippen molar-refractivity contribution < 1.29 is 14.3 Å². The van der Waals surface area contributed by atoms with Gasteiger partial charge in [0.25, 0.3) is 0 Å². The Morgan fingerprint density at radius 2 is 2.10 bits per heavy atom. The molecule has 0 saturated heterocycles. The molecule has 20 heavy (non-hydrogen) atoms. The fraction of sp³-hybridized carbons (Fsp3) is 0.0714. The van der Waals surface area contributed by atoms with Crippen LogP contribution in [-0.2, 0) is 0 Å². The Kier molecular flexibility index (Phi) is 3.62. The molecule has 0 aliphatic carbocycles. The predicted molar refractivity (Wildman–Crippen MR) is 79.0 cm³/mol. The van der Waals surface area contributed by atoms with E-state index < -0.39 is 0 Å². The normalized spacial score (nSPS) is 12.8. The molecule has 2 heterocycles. The highest BCUT2D eigenvalue weighted by Gasteiger charge is 2.12. The number of hydrogen-bond acceptors (Lipinski definition) is 5. The van der Waals surface area contributed by atoms with Gasteiger partial charge in [-0.3, -0.25) is 4.79 Å². The van der Waals surface area contributed by atoms with Crippen LogP contribution in [0, 0.1) is 0 Å². The van der Waals surface area contributed by atoms with E-state index >= 15 is 0 Å². The molecule has 1 aliphatic heterocycles. The van der Waals surface area contributed by atoms with Crippen molar-refractivity contribution in [2.75, 3.05) is 12.1 Å². The molecule has 0 unspecified atom stereocenters. The number of halogens is 1. The van der Waals surface area contributed by atoms with Crippen molar-refractivity contribution in [1.82, 2.24) is 0 Å². The number of ether oxygens (including phenoxy) is 2. The van der Waals surface area contributed by atoms with Crippen LogP contribution < -0.4 is 14.8 Å². The Balaban J connectivity index is 1.64. The molecule has 0 bridgehead atoms. The van der Waals surface area contributed by atoms with E-state index in [1.807, 2.05) is 18.2 Å². The highest BCUT2D eigenvalue weighted by atomic mass is 35.5. The minimum absolute atomic E-state index is 0.0878. The number of nitrogens with one attached hydrogen (secondary N) is 1. The molecule has 0 atom stereocenters. The number of benzene rings is 1. The molecular formula is C14H10ClNO3S. The van der Waals surface area contributed by atoms with Crippen molar-refractivity contribution in [3.05, 3.63) is 51.8 Å². The summed E-state index contributed by atoms with van der Waals surface area (Å²) in [5.41, 5.74) is 0.822. The maximum Gasteiger partial charge on any atom is 0.231 e. The van der Waals surface area contributed by atoms with Gasteiger partial charge >= 0.3 is 0 Å². The van der Waals surface area contributed by atoms with Crippen LogP contribution in [0.5, 0.6) is 11.5 Å². The molecule has 0 spiro atoms. The van der Waals surface area contributed by atoms with Gasteiger partial charge in [-0.05, 0) is 24.3 Å². The van der Waals surface area contributed by atoms with Gasteiger partial charge in [0, 0.05) is 24.0 Å². The molecule has 1 aromatic carbocycles. The second-order valence-corrected chi connectivity index (χ2v) is 5.73. The lowest BCUT2D eigenvalue weighted by Crippen LogP contribution is -1.93. The Morgan fingerprint density at radius 1 is 1.25 bits per heavy atom. The molecule has 1 aliphatic rings. The number of anilines is 1. The Bertz CT molecular complexity index is 681. The van der Waals surface area contributed by atoms with Crippen molar-refractivity contribution >= 4 is 34.4 Å². The quantitative estimate of drug-likeness (QED) is 0.686. The second-order valence-electron chi connectivity index (χ2n) is 4.01. The second kappa shape index (κ2) is 5.56. The summed E-state index contributed by atoms with van der Waals surface area (Å²) in [6.07, 6.45) is 3.06. The fourth-order valence-electron chi connectivity index (χ4n) is 1.73. The molecule has 1 N–H and O–H groups in total. The summed E-state index contributed by atoms with van der Waals surface area (Å²) < 4.78 is 11.1. The van der Waals surface area contributed by atoms with Gasteiger partial charge in [0.1, 0.15) is 0 Å². The van der Waals surface area contributed by atoms with Gasteiger partial charge in [-0.15, -0.1) is 11.3 Å². The number of rotatable bonds is 4. The molecule has 1 aromatic heterocycles. The number of thiophene rings is 1. The molecule has 3 rings (SSSR count). The highest BCUT2D eigenvalue weighted by Crippen LogP contribution is 2.34. The summed E-state index contributed by atoms with van der Waals surface area (Å²) in [5, 5.41) is 3.02. The van der Waals surface area contributed by atoms with Gasteiger partial charge in [0.2, 0.25) is 6.79 Å². The first-order valence-electron chi connectivity index (χ1n) is 5.85. The maximum atomic E-state index is 11.8. The first-order chi connectivity index (χ1) is 9.72. The maximum absolute atomic E-state index is 11.8. The third kappa shape index (κ3) is 2.79. The van der Waals surface area contributed by atoms with Crippen molar-refractivity contribution in [2.45, 2.75) is 0 Å². The van der Waals surface area contributed by atoms with Crippen LogP contribution in [0.15, 0.2) is 42.6 Å². The average molecular weight is 308 g/mol. The van der Waals surface area contributed by atoms with Crippen LogP contribution in [0.25, 0.3) is 0 Å². The lowest BCUT2D eigenvalue weighted by Gasteiger charge is -2.01. The Morgan fingerprint density at radius 3 is 2.90 bits per heavy atom. The van der Waals surface area contributed by atoms with Crippen LogP contribution in [0.4, 0.5) is 5.69 Å². The standard InChI is InChI=1S/C14H10ClNO3S/c15-14-4-3-13(20-14)10(17)5-6-16-9-1-2-11-12(7-9)19-8-18-11/h1-7,16H,8H2. The van der Waals surface area contributed by atoms with Gasteiger partial charge in [-0.25, -0.2) is 0 Å². The average Bonchev–Trinajstić information content (AvgIpc) is 3.06. The van der Waals surface area contributed by atoms with Gasteiger partial charge in [0.05, 0.1) is 9.21 Å². The monoisotopic (exact) mass is 307 g/mol. The topological polar surface area (TPSA) is 47.6 Å². The SMILES string of the molecule is O=C(C=CNc1ccc2c(c1)OCO2)c1ccc(Cl)s1. The van der Waals surface area contributed by atoms with E-state index in [0.29, 0.717) is 15.0 Å². The number of carbonyl (C=O) groups excluding carboxylic acids is 1. The molecule has 0 saturated carbocycles. The zero-order valence-corrected chi connectivity index (χ0v) is 11.8. The summed E-state index contributed by atoms with van der Waals surface area (Å²) in [4.78, 5) is 12.4. The number of ketones is 1. The van der Waals surface area contributed by atoms with Crippen molar-refractivity contribution in [3.8, 4) is 11.5 Å². The summed E-state index contributed by atoms with van der Waals surface area (Å²) in [5.74, 6) is 1.33. The summed E-state index contributed by atoms with van der Waals surface area (Å²) >= 11 is 7.05. The molecular weight excluding hydrogens is 298 g/mol. The van der Waals surface area contributed by atoms with E-state index in [2.05, 4.69) is 5.32 Å². The van der Waals surface area contributed by atoms with Gasteiger partial charge in [0.15, 0.2) is 17.3 Å². The van der Waals surface area contributed by atoms with Crippen molar-refractivity contribution in [3.63, 3.8) is 0 Å². The largest absolute Gasteiger partial charge is 0.454 e. The highest BCUT2D eigenvalue weighted by molar-refractivity contribution is 7.18. The van der Waals surface area contributed by atoms with Gasteiger partial charge in [-0.2, -0.15) is 0 Å². The predicted octanol–water partition coefficient (Wildman–Crippen LogP) is 3.94. The molecule has 0 fully saturated rings. The van der Waals surface area contributed by atoms with Gasteiger partial charge < -0.3 is 14.8 Å². The number of fused-ring (bicyclic) bond motifs is 1. The fourth-order valence-corrected chi connectivity index (χ4v) is 2.69. The minimum atomic E-state index is -0.0878. The zero-order chi connectivity index (χ0) is 13.9. The number of allylic oxidation sites excluding steroid dienone is 1. The van der Waals surface area contributed by atoms with E-state index in [4.69, 9.17) is 21.1 Å². The van der Waals surface area contributed by atoms with Crippen molar-refractivity contribution in [2.24, 2.45) is 0 Å². The third-order valence-corrected chi connectivity index (χ3v) is 3.92. The van der Waals surface area contributed by atoms with E-state index in [-0.39, 0.29) is 12.6 Å². The van der Waals surface area contributed by atoms with E-state index in [1.54, 1.807) is 18.3 Å². The number of hydrogen-bond donors (Lipinski definition) is 1. The molecule has 102 valence electrons. The molecule has 0 amide bonds. The van der Waals surface area contributed by atoms with Crippen LogP contribution in [-0.4, -0.2) is 12.6 Å². The summed E-state index contributed by atoms with van der Waals surface area (Å²) in [6.45, 7) is 0.242. The first kappa shape index (κ1) is 13.0. The van der Waals surface area contributed by atoms with Gasteiger partial charge in [-0.1, -0.05) is 11.6 Å². The van der Waals surface area contributed by atoms with Crippen LogP contribution in [0.3, 0.4) is 0 Å². The summed E-state index contributed by atoms with van der Waals surface area (Å²) in [6, 6.07) is 8.90. The Hall–Kier alpha value is -1.98. The van der Waals surface area contributed by atoms with E-state index in [1.165, 1.54) is 17.4 Å². The van der Waals surface area contributed by atoms with Crippen LogP contribution >= 0.6 is 22.9 Å². The zero-order valence-electron chi connectivity index (χ0n) is 10.3. The van der Waals surface area contributed by atoms with E-state index in [0.717, 1.165) is 11.4 Å². The van der Waals surface area contributed by atoms with Crippen LogP contribution in [0.2, 0.25) is 4.34 Å². The van der Waals surface area contributed by atoms with E-state index in [9.17, 15) is 4.79 Å². The smallest absolute Gasteiger partial charge is 0.231 e. The molecule has 0 radical (unpaired) electrons. The summed E-state index contributed by atoms with van der Waals surface area (Å²) in [7, 11) is 0. The molecule has 4 nitrogen and oxygen atoms in total.